The van der Waals surface area contributed by atoms with Crippen LogP contribution < -0.4 is 0 Å². The second-order valence-electron chi connectivity index (χ2n) is 4.58. The SMILES string of the molecule is Cc1ccc2c(c1)C(N=O)Cc1ccccc1S2. The molecule has 0 fully saturated rings. The zero-order valence-corrected chi connectivity index (χ0v) is 10.9. The lowest BCUT2D eigenvalue weighted by Crippen LogP contribution is -1.99. The molecule has 0 amide bonds. The van der Waals surface area contributed by atoms with Crippen LogP contribution in [0.4, 0.5) is 0 Å². The maximum atomic E-state index is 11.1. The minimum Gasteiger partial charge on any atom is -0.150 e. The Morgan fingerprint density at radius 1 is 1.17 bits per heavy atom. The van der Waals surface area contributed by atoms with Crippen LogP contribution in [0.5, 0.6) is 0 Å². The summed E-state index contributed by atoms with van der Waals surface area (Å²) in [7, 11) is 0. The van der Waals surface area contributed by atoms with Crippen LogP contribution in [0.3, 0.4) is 0 Å². The van der Waals surface area contributed by atoms with Crippen molar-refractivity contribution in [1.82, 2.24) is 0 Å². The first-order valence-electron chi connectivity index (χ1n) is 5.96. The molecular formula is C15H13NOS. The maximum Gasteiger partial charge on any atom is 0.122 e. The van der Waals surface area contributed by atoms with E-state index in [0.717, 1.165) is 10.5 Å². The van der Waals surface area contributed by atoms with Gasteiger partial charge in [0.2, 0.25) is 0 Å². The van der Waals surface area contributed by atoms with Crippen LogP contribution >= 0.6 is 11.8 Å². The fourth-order valence-corrected chi connectivity index (χ4v) is 3.44. The van der Waals surface area contributed by atoms with Gasteiger partial charge in [0.05, 0.1) is 0 Å². The van der Waals surface area contributed by atoms with Crippen molar-refractivity contribution in [2.75, 3.05) is 0 Å². The average Bonchev–Trinajstić information content (AvgIpc) is 2.54. The van der Waals surface area contributed by atoms with Gasteiger partial charge in [0, 0.05) is 16.2 Å². The van der Waals surface area contributed by atoms with E-state index in [1.165, 1.54) is 16.0 Å². The van der Waals surface area contributed by atoms with Crippen molar-refractivity contribution in [3.8, 4) is 0 Å². The van der Waals surface area contributed by atoms with E-state index in [2.05, 4.69) is 35.5 Å². The quantitative estimate of drug-likeness (QED) is 0.702. The van der Waals surface area contributed by atoms with E-state index in [1.54, 1.807) is 11.8 Å². The number of fused-ring (bicyclic) bond motifs is 2. The summed E-state index contributed by atoms with van der Waals surface area (Å²) < 4.78 is 0. The van der Waals surface area contributed by atoms with Crippen LogP contribution in [-0.4, -0.2) is 0 Å². The molecule has 0 bridgehead atoms. The van der Waals surface area contributed by atoms with E-state index in [4.69, 9.17) is 0 Å². The molecular weight excluding hydrogens is 242 g/mol. The Kier molecular flexibility index (Phi) is 2.92. The van der Waals surface area contributed by atoms with Crippen LogP contribution in [0.2, 0.25) is 0 Å². The van der Waals surface area contributed by atoms with Crippen molar-refractivity contribution in [1.29, 1.82) is 0 Å². The van der Waals surface area contributed by atoms with Crippen LogP contribution in [0.25, 0.3) is 0 Å². The van der Waals surface area contributed by atoms with Crippen molar-refractivity contribution in [2.24, 2.45) is 5.18 Å². The lowest BCUT2D eigenvalue weighted by atomic mass is 9.98. The van der Waals surface area contributed by atoms with E-state index in [1.807, 2.05) is 19.1 Å². The van der Waals surface area contributed by atoms with Gasteiger partial charge in [-0.3, -0.25) is 0 Å². The molecule has 90 valence electrons. The molecule has 0 saturated carbocycles. The molecule has 0 aliphatic carbocycles. The molecule has 0 radical (unpaired) electrons. The summed E-state index contributed by atoms with van der Waals surface area (Å²) in [5.41, 5.74) is 3.45. The summed E-state index contributed by atoms with van der Waals surface area (Å²) in [5.74, 6) is 0. The number of benzene rings is 2. The number of hydrogen-bond acceptors (Lipinski definition) is 3. The first kappa shape index (κ1) is 11.5. The fraction of sp³-hybridized carbons (Fsp3) is 0.200. The Morgan fingerprint density at radius 2 is 2.00 bits per heavy atom. The second-order valence-corrected chi connectivity index (χ2v) is 5.66. The second kappa shape index (κ2) is 4.58. The van der Waals surface area contributed by atoms with Gasteiger partial charge in [0.15, 0.2) is 0 Å². The van der Waals surface area contributed by atoms with Crippen LogP contribution in [0.15, 0.2) is 57.4 Å². The third-order valence-electron chi connectivity index (χ3n) is 3.26. The molecule has 18 heavy (non-hydrogen) atoms. The molecule has 0 aromatic heterocycles. The van der Waals surface area contributed by atoms with Gasteiger partial charge in [0.25, 0.3) is 0 Å². The molecule has 2 nitrogen and oxygen atoms in total. The first-order valence-corrected chi connectivity index (χ1v) is 6.78. The van der Waals surface area contributed by atoms with E-state index in [-0.39, 0.29) is 6.04 Å². The molecule has 1 aliphatic heterocycles. The number of nitroso groups, excluding NO2 is 1. The van der Waals surface area contributed by atoms with Crippen LogP contribution in [0.1, 0.15) is 22.7 Å². The molecule has 1 heterocycles. The number of aryl methyl sites for hydroxylation is 1. The lowest BCUT2D eigenvalue weighted by Gasteiger charge is -2.10. The minimum absolute atomic E-state index is 0.268. The Bertz CT molecular complexity index is 609. The summed E-state index contributed by atoms with van der Waals surface area (Å²) in [6, 6.07) is 14.2. The summed E-state index contributed by atoms with van der Waals surface area (Å²) in [6.45, 7) is 2.05. The van der Waals surface area contributed by atoms with E-state index < -0.39 is 0 Å². The number of rotatable bonds is 1. The van der Waals surface area contributed by atoms with Crippen molar-refractivity contribution < 1.29 is 0 Å². The van der Waals surface area contributed by atoms with Crippen molar-refractivity contribution in [3.05, 3.63) is 64.1 Å². The average molecular weight is 255 g/mol. The van der Waals surface area contributed by atoms with E-state index >= 15 is 0 Å². The van der Waals surface area contributed by atoms with Crippen LogP contribution in [-0.2, 0) is 6.42 Å². The zero-order valence-electron chi connectivity index (χ0n) is 10.1. The normalized spacial score (nSPS) is 17.5. The highest BCUT2D eigenvalue weighted by atomic mass is 32.2. The van der Waals surface area contributed by atoms with Gasteiger partial charge in [-0.15, -0.1) is 0 Å². The molecule has 0 N–H and O–H groups in total. The summed E-state index contributed by atoms with van der Waals surface area (Å²) in [4.78, 5) is 13.5. The highest BCUT2D eigenvalue weighted by Gasteiger charge is 2.23. The lowest BCUT2D eigenvalue weighted by molar-refractivity contribution is 0.701. The Morgan fingerprint density at radius 3 is 2.83 bits per heavy atom. The highest BCUT2D eigenvalue weighted by molar-refractivity contribution is 7.99. The third-order valence-corrected chi connectivity index (χ3v) is 4.47. The standard InChI is InChI=1S/C15H13NOS/c1-10-6-7-15-12(8-10)13(16-17)9-11-4-2-3-5-14(11)18-15/h2-8,13H,9H2,1H3. The largest absolute Gasteiger partial charge is 0.150 e. The minimum atomic E-state index is -0.268. The van der Waals surface area contributed by atoms with E-state index in [0.29, 0.717) is 6.42 Å². The molecule has 3 heteroatoms. The molecule has 0 saturated heterocycles. The highest BCUT2D eigenvalue weighted by Crippen LogP contribution is 2.42. The molecule has 2 aromatic carbocycles. The monoisotopic (exact) mass is 255 g/mol. The predicted molar refractivity (Wildman–Crippen MR) is 74.0 cm³/mol. The van der Waals surface area contributed by atoms with Gasteiger partial charge in [-0.1, -0.05) is 52.8 Å². The summed E-state index contributed by atoms with van der Waals surface area (Å²) in [6.07, 6.45) is 0.698. The Labute approximate surface area is 110 Å². The van der Waals surface area contributed by atoms with Gasteiger partial charge in [-0.05, 0) is 30.2 Å². The van der Waals surface area contributed by atoms with Gasteiger partial charge >= 0.3 is 0 Å². The number of nitrogens with zero attached hydrogens (tertiary/aromatic N) is 1. The maximum absolute atomic E-state index is 11.1. The molecule has 0 spiro atoms. The van der Waals surface area contributed by atoms with Crippen molar-refractivity contribution in [2.45, 2.75) is 29.2 Å². The van der Waals surface area contributed by atoms with Gasteiger partial charge in [0.1, 0.15) is 6.04 Å². The van der Waals surface area contributed by atoms with Gasteiger partial charge in [-0.25, -0.2) is 0 Å². The van der Waals surface area contributed by atoms with Gasteiger partial charge < -0.3 is 0 Å². The Balaban J connectivity index is 2.17. The first-order chi connectivity index (χ1) is 8.78. The predicted octanol–water partition coefficient (Wildman–Crippen LogP) is 4.51. The van der Waals surface area contributed by atoms with E-state index in [9.17, 15) is 4.91 Å². The summed E-state index contributed by atoms with van der Waals surface area (Å²) in [5, 5.41) is 3.33. The van der Waals surface area contributed by atoms with Gasteiger partial charge in [-0.2, -0.15) is 4.91 Å². The van der Waals surface area contributed by atoms with Crippen molar-refractivity contribution >= 4 is 11.8 Å². The smallest absolute Gasteiger partial charge is 0.122 e. The molecule has 3 rings (SSSR count). The molecule has 2 aromatic rings. The Hall–Kier alpha value is -1.61. The molecule has 1 aliphatic rings. The molecule has 1 unspecified atom stereocenters. The fourth-order valence-electron chi connectivity index (χ4n) is 2.32. The third kappa shape index (κ3) is 1.95. The number of hydrogen-bond donors (Lipinski definition) is 0. The summed E-state index contributed by atoms with van der Waals surface area (Å²) >= 11 is 1.73. The van der Waals surface area contributed by atoms with Crippen LogP contribution in [0, 0.1) is 11.8 Å². The molecule has 1 atom stereocenters. The topological polar surface area (TPSA) is 29.4 Å². The zero-order chi connectivity index (χ0) is 12.5. The van der Waals surface area contributed by atoms with Crippen molar-refractivity contribution in [3.63, 3.8) is 0 Å².